The number of nitrogens with one attached hydrogen (secondary N) is 1. The first-order chi connectivity index (χ1) is 8.26. The van der Waals surface area contributed by atoms with Crippen LogP contribution in [0.2, 0.25) is 0 Å². The van der Waals surface area contributed by atoms with Crippen LogP contribution in [0.25, 0.3) is 0 Å². The number of carbonyl (C=O) groups is 1. The molecule has 0 saturated carbocycles. The Balaban J connectivity index is 2.11. The third kappa shape index (κ3) is 2.53. The fraction of sp³-hybridized carbons (Fsp3) is 0.538. The van der Waals surface area contributed by atoms with E-state index < -0.39 is 0 Å². The highest BCUT2D eigenvalue weighted by molar-refractivity contribution is 6.17. The highest BCUT2D eigenvalue weighted by Gasteiger charge is 2.32. The van der Waals surface area contributed by atoms with E-state index in [1.165, 1.54) is 0 Å². The molecular weight excluding hydrogens is 236 g/mol. The minimum Gasteiger partial charge on any atom is -0.384 e. The quantitative estimate of drug-likeness (QED) is 0.778. The second-order valence-corrected chi connectivity index (χ2v) is 4.78. The maximum Gasteiger partial charge on any atom is 0.142 e. The Morgan fingerprint density at radius 1 is 1.65 bits per heavy atom. The topological polar surface area (TPSA) is 52.9 Å². The van der Waals surface area contributed by atoms with Crippen LogP contribution in [0.3, 0.4) is 0 Å². The van der Waals surface area contributed by atoms with Crippen molar-refractivity contribution in [2.75, 3.05) is 12.4 Å². The van der Waals surface area contributed by atoms with Gasteiger partial charge in [-0.1, -0.05) is 12.2 Å². The summed E-state index contributed by atoms with van der Waals surface area (Å²) in [6.07, 6.45) is 5.96. The van der Waals surface area contributed by atoms with Crippen LogP contribution in [0.1, 0.15) is 19.3 Å². The van der Waals surface area contributed by atoms with Crippen molar-refractivity contribution in [3.63, 3.8) is 0 Å². The van der Waals surface area contributed by atoms with Crippen molar-refractivity contribution in [2.45, 2.75) is 19.3 Å². The highest BCUT2D eigenvalue weighted by Crippen LogP contribution is 2.32. The normalized spacial score (nSPS) is 26.4. The lowest BCUT2D eigenvalue weighted by molar-refractivity contribution is -0.121. The van der Waals surface area contributed by atoms with Gasteiger partial charge in [-0.25, -0.2) is 0 Å². The van der Waals surface area contributed by atoms with Crippen LogP contribution in [-0.2, 0) is 4.79 Å². The molecule has 0 bridgehead atoms. The van der Waals surface area contributed by atoms with Gasteiger partial charge in [-0.3, -0.25) is 4.79 Å². The van der Waals surface area contributed by atoms with Gasteiger partial charge in [-0.2, -0.15) is 5.26 Å². The van der Waals surface area contributed by atoms with Gasteiger partial charge in [0.1, 0.15) is 5.78 Å². The zero-order chi connectivity index (χ0) is 12.3. The Hall–Kier alpha value is -1.27. The fourth-order valence-electron chi connectivity index (χ4n) is 2.33. The zero-order valence-corrected chi connectivity index (χ0v) is 10.3. The van der Waals surface area contributed by atoms with E-state index in [0.29, 0.717) is 18.8 Å². The van der Waals surface area contributed by atoms with Gasteiger partial charge in [0.2, 0.25) is 0 Å². The number of fused-ring (bicyclic) bond motifs is 1. The molecule has 1 aliphatic heterocycles. The van der Waals surface area contributed by atoms with Gasteiger partial charge in [0.05, 0.1) is 17.9 Å². The molecule has 1 N–H and O–H groups in total. The van der Waals surface area contributed by atoms with Gasteiger partial charge < -0.3 is 5.32 Å². The van der Waals surface area contributed by atoms with Gasteiger partial charge in [0.15, 0.2) is 0 Å². The number of nitriles is 1. The van der Waals surface area contributed by atoms with Crippen LogP contribution in [0.4, 0.5) is 0 Å². The molecule has 2 rings (SSSR count). The van der Waals surface area contributed by atoms with Crippen LogP contribution in [-0.4, -0.2) is 18.2 Å². The van der Waals surface area contributed by atoms with Crippen LogP contribution in [0, 0.1) is 23.2 Å². The molecule has 90 valence electrons. The molecule has 1 saturated heterocycles. The summed E-state index contributed by atoms with van der Waals surface area (Å²) in [6, 6.07) is 2.24. The number of ketones is 1. The number of hydrogen-bond donors (Lipinski definition) is 1. The summed E-state index contributed by atoms with van der Waals surface area (Å²) >= 11 is 5.60. The Labute approximate surface area is 106 Å². The predicted molar refractivity (Wildman–Crippen MR) is 66.3 cm³/mol. The van der Waals surface area contributed by atoms with Crippen LogP contribution in [0.15, 0.2) is 23.4 Å². The van der Waals surface area contributed by atoms with Crippen LogP contribution < -0.4 is 5.32 Å². The molecule has 1 aliphatic carbocycles. The van der Waals surface area contributed by atoms with E-state index in [1.807, 2.05) is 12.2 Å². The van der Waals surface area contributed by atoms with E-state index in [2.05, 4.69) is 11.4 Å². The van der Waals surface area contributed by atoms with E-state index in [0.717, 1.165) is 24.1 Å². The predicted octanol–water partition coefficient (Wildman–Crippen LogP) is 2.15. The molecule has 0 spiro atoms. The number of hydrogen-bond acceptors (Lipinski definition) is 3. The average Bonchev–Trinajstić information content (AvgIpc) is 2.78. The van der Waals surface area contributed by atoms with Crippen molar-refractivity contribution >= 4 is 17.4 Å². The van der Waals surface area contributed by atoms with Crippen molar-refractivity contribution in [1.82, 2.24) is 5.32 Å². The monoisotopic (exact) mass is 250 g/mol. The first kappa shape index (κ1) is 12.2. The number of rotatable bonds is 4. The molecule has 17 heavy (non-hydrogen) atoms. The number of Topliss-reactive ketones (excluding diaryl/α,β-unsaturated/α-hetero) is 1. The number of allylic oxidation sites excluding steroid dienone is 3. The summed E-state index contributed by atoms with van der Waals surface area (Å²) in [7, 11) is 0. The number of nitrogens with zero attached hydrogens (tertiary/aromatic N) is 1. The fourth-order valence-corrected chi connectivity index (χ4v) is 2.46. The second kappa shape index (κ2) is 5.37. The molecule has 3 nitrogen and oxygen atoms in total. The Kier molecular flexibility index (Phi) is 3.86. The second-order valence-electron chi connectivity index (χ2n) is 4.40. The Bertz CT molecular complexity index is 420. The van der Waals surface area contributed by atoms with Gasteiger partial charge in [-0.15, -0.1) is 11.6 Å². The molecule has 0 amide bonds. The maximum absolute atomic E-state index is 12.0. The number of alkyl halides is 1. The van der Waals surface area contributed by atoms with Crippen LogP contribution >= 0.6 is 11.6 Å². The average molecular weight is 251 g/mol. The van der Waals surface area contributed by atoms with Crippen molar-refractivity contribution in [1.29, 1.82) is 5.26 Å². The molecule has 0 aromatic heterocycles. The molecule has 1 heterocycles. The van der Waals surface area contributed by atoms with E-state index in [9.17, 15) is 4.79 Å². The molecule has 0 radical (unpaired) electrons. The molecule has 2 atom stereocenters. The van der Waals surface area contributed by atoms with Crippen LogP contribution in [0.5, 0.6) is 0 Å². The summed E-state index contributed by atoms with van der Waals surface area (Å²) in [5.74, 6) is 0.582. The van der Waals surface area contributed by atoms with Crippen molar-refractivity contribution < 1.29 is 4.79 Å². The largest absolute Gasteiger partial charge is 0.384 e. The maximum atomic E-state index is 12.0. The van der Waals surface area contributed by atoms with Crippen molar-refractivity contribution in [3.8, 4) is 6.07 Å². The van der Waals surface area contributed by atoms with Crippen molar-refractivity contribution in [3.05, 3.63) is 23.4 Å². The first-order valence-corrected chi connectivity index (χ1v) is 6.44. The van der Waals surface area contributed by atoms with Gasteiger partial charge in [-0.05, 0) is 18.4 Å². The Morgan fingerprint density at radius 2 is 2.47 bits per heavy atom. The van der Waals surface area contributed by atoms with E-state index >= 15 is 0 Å². The summed E-state index contributed by atoms with van der Waals surface area (Å²) in [6.45, 7) is 0.664. The molecule has 2 aliphatic rings. The summed E-state index contributed by atoms with van der Waals surface area (Å²) in [4.78, 5) is 12.0. The molecule has 2 unspecified atom stereocenters. The Morgan fingerprint density at radius 3 is 3.18 bits per heavy atom. The van der Waals surface area contributed by atoms with Gasteiger partial charge in [0, 0.05) is 24.5 Å². The van der Waals surface area contributed by atoms with Crippen molar-refractivity contribution in [2.24, 2.45) is 11.8 Å². The first-order valence-electron chi connectivity index (χ1n) is 5.90. The molecule has 0 aromatic rings. The standard InChI is InChI=1S/C13H15ClN2O/c14-5-1-2-13(17)11-8-16-12-4-3-9(7-15)6-10(11)12/h4,6,9,11,16H,1-3,5,8H2. The van der Waals surface area contributed by atoms with E-state index in [1.54, 1.807) is 0 Å². The summed E-state index contributed by atoms with van der Waals surface area (Å²) in [5, 5.41) is 12.2. The molecule has 1 fully saturated rings. The van der Waals surface area contributed by atoms with Gasteiger partial charge in [0.25, 0.3) is 0 Å². The summed E-state index contributed by atoms with van der Waals surface area (Å²) in [5.41, 5.74) is 2.06. The molecule has 4 heteroatoms. The number of halogens is 1. The third-order valence-corrected chi connectivity index (χ3v) is 3.52. The highest BCUT2D eigenvalue weighted by atomic mass is 35.5. The zero-order valence-electron chi connectivity index (χ0n) is 9.58. The summed E-state index contributed by atoms with van der Waals surface area (Å²) < 4.78 is 0. The lowest BCUT2D eigenvalue weighted by Gasteiger charge is -2.15. The smallest absolute Gasteiger partial charge is 0.142 e. The molecule has 0 aromatic carbocycles. The van der Waals surface area contributed by atoms with E-state index in [-0.39, 0.29) is 17.6 Å². The van der Waals surface area contributed by atoms with E-state index in [4.69, 9.17) is 16.9 Å². The minimum absolute atomic E-state index is 0.0828. The lowest BCUT2D eigenvalue weighted by atomic mass is 9.87. The molecular formula is C13H15ClN2O. The van der Waals surface area contributed by atoms with Gasteiger partial charge >= 0.3 is 0 Å². The minimum atomic E-state index is -0.0861. The SMILES string of the molecule is N#CC1C=C2C(=CC1)NCC2C(=O)CCCCl. The number of carbonyl (C=O) groups excluding carboxylic acids is 1. The lowest BCUT2D eigenvalue weighted by Crippen LogP contribution is -2.18. The third-order valence-electron chi connectivity index (χ3n) is 3.25.